The van der Waals surface area contributed by atoms with Crippen LogP contribution < -0.4 is 10.1 Å². The molecule has 116 valence electrons. The van der Waals surface area contributed by atoms with Crippen molar-refractivity contribution in [2.45, 2.75) is 26.9 Å². The van der Waals surface area contributed by atoms with Crippen molar-refractivity contribution in [2.75, 3.05) is 5.32 Å². The first-order chi connectivity index (χ1) is 10.4. The summed E-state index contributed by atoms with van der Waals surface area (Å²) in [4.78, 5) is 12.3. The number of halogens is 2. The molecule has 0 radical (unpaired) electrons. The van der Waals surface area contributed by atoms with Crippen molar-refractivity contribution in [3.05, 3.63) is 57.6 Å². The van der Waals surface area contributed by atoms with Crippen molar-refractivity contribution in [3.8, 4) is 5.75 Å². The standard InChI is InChI=1S/C17H17Cl2NO2/c1-10-6-4-7-11(2)16(10)22-12(3)17(21)20-15-13(18)8-5-9-14(15)19/h4-9,12H,1-3H3,(H,20,21). The van der Waals surface area contributed by atoms with Gasteiger partial charge in [0, 0.05) is 0 Å². The Morgan fingerprint density at radius 1 is 1.05 bits per heavy atom. The molecule has 1 atom stereocenters. The Morgan fingerprint density at radius 3 is 2.09 bits per heavy atom. The van der Waals surface area contributed by atoms with E-state index in [1.165, 1.54) is 0 Å². The van der Waals surface area contributed by atoms with Gasteiger partial charge in [0.25, 0.3) is 5.91 Å². The largest absolute Gasteiger partial charge is 0.480 e. The molecular weight excluding hydrogens is 321 g/mol. The molecule has 0 fully saturated rings. The topological polar surface area (TPSA) is 38.3 Å². The molecule has 0 saturated carbocycles. The lowest BCUT2D eigenvalue weighted by molar-refractivity contribution is -0.122. The predicted octanol–water partition coefficient (Wildman–Crippen LogP) is 5.02. The summed E-state index contributed by atoms with van der Waals surface area (Å²) in [6, 6.07) is 10.9. The normalized spacial score (nSPS) is 11.9. The van der Waals surface area contributed by atoms with Gasteiger partial charge in [-0.25, -0.2) is 0 Å². The van der Waals surface area contributed by atoms with E-state index >= 15 is 0 Å². The molecular formula is C17H17Cl2NO2. The van der Waals surface area contributed by atoms with E-state index in [4.69, 9.17) is 27.9 Å². The fourth-order valence-corrected chi connectivity index (χ4v) is 2.55. The highest BCUT2D eigenvalue weighted by atomic mass is 35.5. The van der Waals surface area contributed by atoms with Gasteiger partial charge >= 0.3 is 0 Å². The van der Waals surface area contributed by atoms with Crippen LogP contribution in [0.1, 0.15) is 18.1 Å². The number of hydrogen-bond donors (Lipinski definition) is 1. The van der Waals surface area contributed by atoms with Gasteiger partial charge in [-0.3, -0.25) is 4.79 Å². The van der Waals surface area contributed by atoms with Gasteiger partial charge in [-0.05, 0) is 44.0 Å². The summed E-state index contributed by atoms with van der Waals surface area (Å²) in [5.41, 5.74) is 2.36. The molecule has 0 spiro atoms. The Morgan fingerprint density at radius 2 is 1.55 bits per heavy atom. The average Bonchev–Trinajstić information content (AvgIpc) is 2.46. The summed E-state index contributed by atoms with van der Waals surface area (Å²) in [5.74, 6) is 0.410. The summed E-state index contributed by atoms with van der Waals surface area (Å²) in [7, 11) is 0. The van der Waals surface area contributed by atoms with Gasteiger partial charge < -0.3 is 10.1 Å². The zero-order valence-corrected chi connectivity index (χ0v) is 14.1. The van der Waals surface area contributed by atoms with E-state index in [1.807, 2.05) is 32.0 Å². The second-order valence-corrected chi connectivity index (χ2v) is 5.88. The Labute approximate surface area is 140 Å². The number of carbonyl (C=O) groups is 1. The van der Waals surface area contributed by atoms with Crippen LogP contribution in [0.5, 0.6) is 5.75 Å². The number of rotatable bonds is 4. The molecule has 0 aromatic heterocycles. The molecule has 0 aliphatic carbocycles. The van der Waals surface area contributed by atoms with Gasteiger partial charge in [0.15, 0.2) is 6.10 Å². The first kappa shape index (κ1) is 16.7. The van der Waals surface area contributed by atoms with E-state index in [0.29, 0.717) is 15.7 Å². The third-order valence-electron chi connectivity index (χ3n) is 3.28. The van der Waals surface area contributed by atoms with Crippen molar-refractivity contribution in [1.29, 1.82) is 0 Å². The maximum absolute atomic E-state index is 12.3. The maximum atomic E-state index is 12.3. The van der Waals surface area contributed by atoms with Crippen LogP contribution in [0, 0.1) is 13.8 Å². The smallest absolute Gasteiger partial charge is 0.265 e. The minimum Gasteiger partial charge on any atom is -0.480 e. The van der Waals surface area contributed by atoms with Crippen molar-refractivity contribution in [3.63, 3.8) is 0 Å². The van der Waals surface area contributed by atoms with Crippen molar-refractivity contribution >= 4 is 34.8 Å². The van der Waals surface area contributed by atoms with Crippen LogP contribution in [-0.4, -0.2) is 12.0 Å². The molecule has 0 aliphatic heterocycles. The van der Waals surface area contributed by atoms with Gasteiger partial charge in [0.1, 0.15) is 5.75 Å². The third kappa shape index (κ3) is 3.73. The lowest BCUT2D eigenvalue weighted by atomic mass is 10.1. The number of carbonyl (C=O) groups excluding carboxylic acids is 1. The van der Waals surface area contributed by atoms with Gasteiger partial charge in [-0.1, -0.05) is 47.5 Å². The summed E-state index contributed by atoms with van der Waals surface area (Å²) < 4.78 is 5.79. The number of nitrogens with one attached hydrogen (secondary N) is 1. The average molecular weight is 338 g/mol. The molecule has 22 heavy (non-hydrogen) atoms. The SMILES string of the molecule is Cc1cccc(C)c1OC(C)C(=O)Nc1c(Cl)cccc1Cl. The van der Waals surface area contributed by atoms with Crippen molar-refractivity contribution in [1.82, 2.24) is 0 Å². The fourth-order valence-electron chi connectivity index (χ4n) is 2.06. The molecule has 0 saturated heterocycles. The van der Waals surface area contributed by atoms with Gasteiger partial charge in [-0.2, -0.15) is 0 Å². The zero-order chi connectivity index (χ0) is 16.3. The van der Waals surface area contributed by atoms with E-state index in [2.05, 4.69) is 5.32 Å². The number of hydrogen-bond acceptors (Lipinski definition) is 2. The molecule has 1 N–H and O–H groups in total. The molecule has 0 bridgehead atoms. The zero-order valence-electron chi connectivity index (χ0n) is 12.6. The number of amides is 1. The van der Waals surface area contributed by atoms with E-state index < -0.39 is 6.10 Å². The molecule has 0 aliphatic rings. The summed E-state index contributed by atoms with van der Waals surface area (Å²) in [5, 5.41) is 3.49. The van der Waals surface area contributed by atoms with Crippen molar-refractivity contribution < 1.29 is 9.53 Å². The Bertz CT molecular complexity index is 661. The number of aryl methyl sites for hydroxylation is 2. The van der Waals surface area contributed by atoms with Gasteiger partial charge in [0.2, 0.25) is 0 Å². The van der Waals surface area contributed by atoms with E-state index in [-0.39, 0.29) is 5.91 Å². The highest BCUT2D eigenvalue weighted by molar-refractivity contribution is 6.39. The minimum absolute atomic E-state index is 0.308. The maximum Gasteiger partial charge on any atom is 0.265 e. The summed E-state index contributed by atoms with van der Waals surface area (Å²) in [6.45, 7) is 5.57. The second kappa shape index (κ2) is 7.03. The van der Waals surface area contributed by atoms with Crippen LogP contribution in [0.3, 0.4) is 0 Å². The van der Waals surface area contributed by atoms with E-state index in [1.54, 1.807) is 25.1 Å². The number of anilines is 1. The molecule has 1 unspecified atom stereocenters. The quantitative estimate of drug-likeness (QED) is 0.850. The highest BCUT2D eigenvalue weighted by Crippen LogP contribution is 2.30. The van der Waals surface area contributed by atoms with Crippen LogP contribution in [-0.2, 0) is 4.79 Å². The van der Waals surface area contributed by atoms with Crippen molar-refractivity contribution in [2.24, 2.45) is 0 Å². The van der Waals surface area contributed by atoms with Crippen LogP contribution in [0.25, 0.3) is 0 Å². The Balaban J connectivity index is 2.13. The van der Waals surface area contributed by atoms with Crippen LogP contribution in [0.15, 0.2) is 36.4 Å². The molecule has 5 heteroatoms. The Hall–Kier alpha value is -1.71. The van der Waals surface area contributed by atoms with Crippen LogP contribution in [0.2, 0.25) is 10.0 Å². The van der Waals surface area contributed by atoms with Gasteiger partial charge in [0.05, 0.1) is 15.7 Å². The molecule has 0 heterocycles. The molecule has 3 nitrogen and oxygen atoms in total. The number of benzene rings is 2. The van der Waals surface area contributed by atoms with Gasteiger partial charge in [-0.15, -0.1) is 0 Å². The summed E-state index contributed by atoms with van der Waals surface area (Å²) >= 11 is 12.1. The number of para-hydroxylation sites is 2. The second-order valence-electron chi connectivity index (χ2n) is 5.07. The summed E-state index contributed by atoms with van der Waals surface area (Å²) in [6.07, 6.45) is -0.674. The first-order valence-electron chi connectivity index (χ1n) is 6.88. The Kier molecular flexibility index (Phi) is 5.33. The number of ether oxygens (including phenoxy) is 1. The van der Waals surface area contributed by atoms with E-state index in [0.717, 1.165) is 16.9 Å². The predicted molar refractivity (Wildman–Crippen MR) is 91.1 cm³/mol. The minimum atomic E-state index is -0.674. The van der Waals surface area contributed by atoms with E-state index in [9.17, 15) is 4.79 Å². The third-order valence-corrected chi connectivity index (χ3v) is 3.91. The monoisotopic (exact) mass is 337 g/mol. The fraction of sp³-hybridized carbons (Fsp3) is 0.235. The molecule has 2 aromatic rings. The molecule has 2 rings (SSSR count). The lowest BCUT2D eigenvalue weighted by Crippen LogP contribution is -2.30. The first-order valence-corrected chi connectivity index (χ1v) is 7.63. The van der Waals surface area contributed by atoms with Crippen LogP contribution >= 0.6 is 23.2 Å². The highest BCUT2D eigenvalue weighted by Gasteiger charge is 2.19. The van der Waals surface area contributed by atoms with Crippen LogP contribution in [0.4, 0.5) is 5.69 Å². The molecule has 1 amide bonds. The molecule has 2 aromatic carbocycles. The lowest BCUT2D eigenvalue weighted by Gasteiger charge is -2.18.